The Morgan fingerprint density at radius 1 is 1.23 bits per heavy atom. The van der Waals surface area contributed by atoms with Gasteiger partial charge in [-0.05, 0) is 32.6 Å². The third-order valence-electron chi connectivity index (χ3n) is 1.71. The molecule has 0 aromatic carbocycles. The van der Waals surface area contributed by atoms with Crippen LogP contribution < -0.4 is 0 Å². The number of ether oxygens (including phenoxy) is 1. The summed E-state index contributed by atoms with van der Waals surface area (Å²) in [5.41, 5.74) is 0. The van der Waals surface area contributed by atoms with Gasteiger partial charge in [0.1, 0.15) is 0 Å². The second kappa shape index (κ2) is 9.30. The van der Waals surface area contributed by atoms with Crippen LogP contribution in [0.15, 0.2) is 12.2 Å². The summed E-state index contributed by atoms with van der Waals surface area (Å²) in [4.78, 5) is 10.9. The first kappa shape index (κ1) is 12.2. The highest BCUT2D eigenvalue weighted by Gasteiger charge is 1.99. The zero-order valence-electron chi connectivity index (χ0n) is 8.71. The molecule has 0 rings (SSSR count). The molecule has 0 heterocycles. The van der Waals surface area contributed by atoms with Crippen LogP contribution in [0.2, 0.25) is 0 Å². The van der Waals surface area contributed by atoms with Crippen LogP contribution in [0, 0.1) is 0 Å². The van der Waals surface area contributed by atoms with Gasteiger partial charge in [0.25, 0.3) is 0 Å². The van der Waals surface area contributed by atoms with Gasteiger partial charge in [0, 0.05) is 6.42 Å². The largest absolute Gasteiger partial charge is 0.466 e. The maximum absolute atomic E-state index is 10.9. The zero-order chi connectivity index (χ0) is 9.94. The highest BCUT2D eigenvalue weighted by atomic mass is 16.5. The van der Waals surface area contributed by atoms with E-state index in [2.05, 4.69) is 19.1 Å². The molecule has 0 aliphatic heterocycles. The average Bonchev–Trinajstić information content (AvgIpc) is 2.11. The normalized spacial score (nSPS) is 10.6. The van der Waals surface area contributed by atoms with Crippen LogP contribution in [0.4, 0.5) is 0 Å². The highest BCUT2D eigenvalue weighted by molar-refractivity contribution is 5.69. The third-order valence-corrected chi connectivity index (χ3v) is 1.71. The molecule has 0 radical (unpaired) electrons. The van der Waals surface area contributed by atoms with Crippen molar-refractivity contribution in [3.8, 4) is 0 Å². The molecular weight excluding hydrogens is 164 g/mol. The second-order valence-electron chi connectivity index (χ2n) is 2.93. The van der Waals surface area contributed by atoms with Crippen LogP contribution in [0.1, 0.15) is 46.0 Å². The predicted molar refractivity (Wildman–Crippen MR) is 54.5 cm³/mol. The molecular formula is C11H20O2. The van der Waals surface area contributed by atoms with Crippen molar-refractivity contribution in [1.82, 2.24) is 0 Å². The Morgan fingerprint density at radius 2 is 2.00 bits per heavy atom. The monoisotopic (exact) mass is 184 g/mol. The van der Waals surface area contributed by atoms with Crippen molar-refractivity contribution in [3.63, 3.8) is 0 Å². The van der Waals surface area contributed by atoms with Gasteiger partial charge >= 0.3 is 5.97 Å². The molecule has 0 saturated carbocycles. The summed E-state index contributed by atoms with van der Waals surface area (Å²) in [6.45, 7) is 4.45. The van der Waals surface area contributed by atoms with Gasteiger partial charge in [-0.15, -0.1) is 0 Å². The molecule has 0 atom stereocenters. The zero-order valence-corrected chi connectivity index (χ0v) is 8.71. The molecule has 0 aliphatic rings. The van der Waals surface area contributed by atoms with Crippen molar-refractivity contribution < 1.29 is 9.53 Å². The first-order valence-electron chi connectivity index (χ1n) is 5.11. The Balaban J connectivity index is 3.15. The fourth-order valence-electron chi connectivity index (χ4n) is 1.05. The van der Waals surface area contributed by atoms with Gasteiger partial charge in [0.2, 0.25) is 0 Å². The van der Waals surface area contributed by atoms with Gasteiger partial charge in [-0.25, -0.2) is 0 Å². The number of rotatable bonds is 7. The van der Waals surface area contributed by atoms with Crippen molar-refractivity contribution in [2.24, 2.45) is 0 Å². The van der Waals surface area contributed by atoms with Crippen LogP contribution in [-0.2, 0) is 9.53 Å². The van der Waals surface area contributed by atoms with E-state index in [1.165, 1.54) is 0 Å². The molecule has 2 nitrogen and oxygen atoms in total. The molecule has 0 aromatic rings. The molecule has 0 saturated heterocycles. The average molecular weight is 184 g/mol. The van der Waals surface area contributed by atoms with Gasteiger partial charge < -0.3 is 4.74 Å². The van der Waals surface area contributed by atoms with Gasteiger partial charge in [-0.1, -0.05) is 19.1 Å². The van der Waals surface area contributed by atoms with Gasteiger partial charge in [-0.2, -0.15) is 0 Å². The smallest absolute Gasteiger partial charge is 0.305 e. The van der Waals surface area contributed by atoms with Gasteiger partial charge in [0.05, 0.1) is 6.61 Å². The standard InChI is InChI=1S/C11H20O2/c1-3-5-6-7-8-9-10-11(12)13-4-2/h5-6H,3-4,7-10H2,1-2H3. The van der Waals surface area contributed by atoms with E-state index >= 15 is 0 Å². The maximum atomic E-state index is 10.9. The lowest BCUT2D eigenvalue weighted by Gasteiger charge is -1.99. The number of carbonyl (C=O) groups is 1. The van der Waals surface area contributed by atoms with E-state index in [0.29, 0.717) is 13.0 Å². The first-order valence-corrected chi connectivity index (χ1v) is 5.11. The van der Waals surface area contributed by atoms with E-state index in [1.54, 1.807) is 0 Å². The van der Waals surface area contributed by atoms with Crippen molar-refractivity contribution in [1.29, 1.82) is 0 Å². The summed E-state index contributed by atoms with van der Waals surface area (Å²) < 4.78 is 4.81. The van der Waals surface area contributed by atoms with Gasteiger partial charge in [-0.3, -0.25) is 4.79 Å². The minimum absolute atomic E-state index is 0.0676. The van der Waals surface area contributed by atoms with Gasteiger partial charge in [0.15, 0.2) is 0 Å². The fraction of sp³-hybridized carbons (Fsp3) is 0.727. The number of hydrogen-bond acceptors (Lipinski definition) is 2. The quantitative estimate of drug-likeness (QED) is 0.345. The van der Waals surface area contributed by atoms with E-state index < -0.39 is 0 Å². The molecule has 0 aromatic heterocycles. The molecule has 0 aliphatic carbocycles. The minimum Gasteiger partial charge on any atom is -0.466 e. The van der Waals surface area contributed by atoms with E-state index in [-0.39, 0.29) is 5.97 Å². The Labute approximate surface area is 81.0 Å². The molecule has 13 heavy (non-hydrogen) atoms. The summed E-state index contributed by atoms with van der Waals surface area (Å²) >= 11 is 0. The van der Waals surface area contributed by atoms with E-state index in [9.17, 15) is 4.79 Å². The second-order valence-corrected chi connectivity index (χ2v) is 2.93. The number of esters is 1. The van der Waals surface area contributed by atoms with Crippen LogP contribution in [0.3, 0.4) is 0 Å². The Morgan fingerprint density at radius 3 is 2.62 bits per heavy atom. The lowest BCUT2D eigenvalue weighted by atomic mass is 10.2. The molecule has 0 bridgehead atoms. The molecule has 0 amide bonds. The SMILES string of the molecule is CCC=CCCCCC(=O)OCC. The molecule has 2 heteroatoms. The Kier molecular flexibility index (Phi) is 8.73. The van der Waals surface area contributed by atoms with Crippen LogP contribution in [0.5, 0.6) is 0 Å². The van der Waals surface area contributed by atoms with Crippen LogP contribution in [0.25, 0.3) is 0 Å². The highest BCUT2D eigenvalue weighted by Crippen LogP contribution is 2.02. The third kappa shape index (κ3) is 9.12. The summed E-state index contributed by atoms with van der Waals surface area (Å²) in [6.07, 6.45) is 9.08. The van der Waals surface area contributed by atoms with E-state index in [4.69, 9.17) is 4.74 Å². The van der Waals surface area contributed by atoms with Crippen molar-refractivity contribution in [2.75, 3.05) is 6.61 Å². The lowest BCUT2D eigenvalue weighted by molar-refractivity contribution is -0.143. The Hall–Kier alpha value is -0.790. The van der Waals surface area contributed by atoms with Crippen LogP contribution >= 0.6 is 0 Å². The number of unbranched alkanes of at least 4 members (excludes halogenated alkanes) is 2. The number of allylic oxidation sites excluding steroid dienone is 2. The number of carbonyl (C=O) groups excluding carboxylic acids is 1. The topological polar surface area (TPSA) is 26.3 Å². The molecule has 0 N–H and O–H groups in total. The van der Waals surface area contributed by atoms with E-state index in [0.717, 1.165) is 25.7 Å². The Bertz CT molecular complexity index is 150. The van der Waals surface area contributed by atoms with Crippen molar-refractivity contribution in [2.45, 2.75) is 46.0 Å². The molecule has 76 valence electrons. The lowest BCUT2D eigenvalue weighted by Crippen LogP contribution is -2.02. The fourth-order valence-corrected chi connectivity index (χ4v) is 1.05. The predicted octanol–water partition coefficient (Wildman–Crippen LogP) is 3.08. The minimum atomic E-state index is -0.0676. The number of hydrogen-bond donors (Lipinski definition) is 0. The summed E-state index contributed by atoms with van der Waals surface area (Å²) in [7, 11) is 0. The molecule has 0 unspecified atom stereocenters. The molecule has 0 spiro atoms. The summed E-state index contributed by atoms with van der Waals surface area (Å²) in [5, 5.41) is 0. The van der Waals surface area contributed by atoms with Crippen molar-refractivity contribution in [3.05, 3.63) is 12.2 Å². The van der Waals surface area contributed by atoms with Crippen LogP contribution in [-0.4, -0.2) is 12.6 Å². The van der Waals surface area contributed by atoms with Crippen molar-refractivity contribution >= 4 is 5.97 Å². The van der Waals surface area contributed by atoms with E-state index in [1.807, 2.05) is 6.92 Å². The first-order chi connectivity index (χ1) is 6.31. The molecule has 0 fully saturated rings. The maximum Gasteiger partial charge on any atom is 0.305 e. The summed E-state index contributed by atoms with van der Waals surface area (Å²) in [5.74, 6) is -0.0676. The summed E-state index contributed by atoms with van der Waals surface area (Å²) in [6, 6.07) is 0.